The maximum absolute atomic E-state index is 13.4. The zero-order valence-corrected chi connectivity index (χ0v) is 18.5. The van der Waals surface area contributed by atoms with E-state index in [1.165, 1.54) is 5.39 Å². The van der Waals surface area contributed by atoms with Gasteiger partial charge in [-0.25, -0.2) is 4.98 Å². The van der Waals surface area contributed by atoms with E-state index in [0.717, 1.165) is 35.8 Å². The molecule has 0 aliphatic heterocycles. The molecule has 162 valence electrons. The van der Waals surface area contributed by atoms with E-state index < -0.39 is 0 Å². The van der Waals surface area contributed by atoms with Crippen molar-refractivity contribution < 1.29 is 9.53 Å². The lowest BCUT2D eigenvalue weighted by molar-refractivity contribution is 0.0939. The maximum Gasteiger partial charge on any atom is 0.252 e. The first-order valence-electron chi connectivity index (χ1n) is 11.2. The summed E-state index contributed by atoms with van der Waals surface area (Å²) in [4.78, 5) is 17.6. The molecule has 1 amide bonds. The summed E-state index contributed by atoms with van der Waals surface area (Å²) in [5.41, 5.74) is 2.79. The fourth-order valence-electron chi connectivity index (χ4n) is 3.92. The van der Waals surface area contributed by atoms with Gasteiger partial charge in [0.25, 0.3) is 5.91 Å². The Balaban J connectivity index is 1.60. The van der Waals surface area contributed by atoms with Crippen LogP contribution in [0.3, 0.4) is 0 Å². The van der Waals surface area contributed by atoms with Crippen molar-refractivity contribution in [3.05, 3.63) is 102 Å². The molecule has 4 rings (SSSR count). The summed E-state index contributed by atoms with van der Waals surface area (Å²) in [6.45, 7) is 4.18. The van der Waals surface area contributed by atoms with E-state index in [9.17, 15) is 4.79 Å². The Bertz CT molecular complexity index is 1200. The van der Waals surface area contributed by atoms with Crippen LogP contribution in [-0.4, -0.2) is 10.9 Å². The van der Waals surface area contributed by atoms with Gasteiger partial charge in [0.15, 0.2) is 0 Å². The molecule has 0 saturated heterocycles. The molecule has 32 heavy (non-hydrogen) atoms. The number of carbonyl (C=O) groups excluding carboxylic acids is 1. The van der Waals surface area contributed by atoms with Gasteiger partial charge in [-0.1, -0.05) is 67.9 Å². The van der Waals surface area contributed by atoms with Gasteiger partial charge in [0, 0.05) is 17.8 Å². The van der Waals surface area contributed by atoms with Crippen LogP contribution < -0.4 is 10.1 Å². The number of nitrogens with one attached hydrogen (secondary N) is 1. The Labute approximate surface area is 189 Å². The van der Waals surface area contributed by atoms with E-state index >= 15 is 0 Å². The first-order valence-corrected chi connectivity index (χ1v) is 11.2. The lowest BCUT2D eigenvalue weighted by Gasteiger charge is -2.18. The lowest BCUT2D eigenvalue weighted by Crippen LogP contribution is -2.27. The molecule has 1 aromatic heterocycles. The molecule has 0 saturated carbocycles. The van der Waals surface area contributed by atoms with Gasteiger partial charge in [0.05, 0.1) is 6.04 Å². The SMILES string of the molecule is CCCCc1ccc(Oc2ccccn2)cc1C(=O)N[C@H](C)c1cccc2ccccc12. The smallest absolute Gasteiger partial charge is 0.252 e. The number of hydrogen-bond donors (Lipinski definition) is 1. The molecular weight excluding hydrogens is 396 g/mol. The first kappa shape index (κ1) is 21.6. The highest BCUT2D eigenvalue weighted by molar-refractivity contribution is 5.97. The summed E-state index contributed by atoms with van der Waals surface area (Å²) >= 11 is 0. The number of unbranched alkanes of at least 4 members (excludes halogenated alkanes) is 1. The summed E-state index contributed by atoms with van der Waals surface area (Å²) in [5.74, 6) is 1.01. The van der Waals surface area contributed by atoms with Crippen molar-refractivity contribution in [2.45, 2.75) is 39.2 Å². The van der Waals surface area contributed by atoms with Crippen molar-refractivity contribution in [2.24, 2.45) is 0 Å². The largest absolute Gasteiger partial charge is 0.439 e. The van der Waals surface area contributed by atoms with E-state index in [2.05, 4.69) is 41.5 Å². The van der Waals surface area contributed by atoms with Crippen LogP contribution in [-0.2, 0) is 6.42 Å². The monoisotopic (exact) mass is 424 g/mol. The van der Waals surface area contributed by atoms with E-state index in [4.69, 9.17) is 4.74 Å². The molecule has 0 unspecified atom stereocenters. The minimum absolute atomic E-state index is 0.0944. The molecule has 4 aromatic rings. The maximum atomic E-state index is 13.4. The Morgan fingerprint density at radius 3 is 2.62 bits per heavy atom. The summed E-state index contributed by atoms with van der Waals surface area (Å²) in [6, 6.07) is 25.6. The molecule has 1 heterocycles. The number of amides is 1. The second kappa shape index (κ2) is 10.1. The summed E-state index contributed by atoms with van der Waals surface area (Å²) < 4.78 is 5.88. The number of nitrogens with zero attached hydrogens (tertiary/aromatic N) is 1. The van der Waals surface area contributed by atoms with Crippen molar-refractivity contribution in [1.82, 2.24) is 10.3 Å². The minimum Gasteiger partial charge on any atom is -0.439 e. The van der Waals surface area contributed by atoms with Crippen LogP contribution >= 0.6 is 0 Å². The van der Waals surface area contributed by atoms with Crippen LogP contribution in [0, 0.1) is 0 Å². The van der Waals surface area contributed by atoms with Crippen molar-refractivity contribution in [1.29, 1.82) is 0 Å². The van der Waals surface area contributed by atoms with Crippen LogP contribution in [0.4, 0.5) is 0 Å². The Morgan fingerprint density at radius 1 is 1.00 bits per heavy atom. The number of rotatable bonds is 8. The van der Waals surface area contributed by atoms with Gasteiger partial charge >= 0.3 is 0 Å². The van der Waals surface area contributed by atoms with Crippen molar-refractivity contribution in [3.63, 3.8) is 0 Å². The highest BCUT2D eigenvalue weighted by atomic mass is 16.5. The molecule has 4 nitrogen and oxygen atoms in total. The molecule has 0 aliphatic carbocycles. The lowest BCUT2D eigenvalue weighted by atomic mass is 9.98. The molecule has 0 fully saturated rings. The van der Waals surface area contributed by atoms with Gasteiger partial charge in [-0.05, 0) is 59.9 Å². The summed E-state index contributed by atoms with van der Waals surface area (Å²) in [7, 11) is 0. The normalized spacial score (nSPS) is 11.8. The standard InChI is InChI=1S/C28H28N2O2/c1-3-4-10-22-16-17-23(32-27-15-7-8-18-29-27)19-26(22)28(31)30-20(2)24-14-9-12-21-11-5-6-13-25(21)24/h5-9,11-20H,3-4,10H2,1-2H3,(H,30,31)/t20-/m1/s1. The Kier molecular flexibility index (Phi) is 6.81. The highest BCUT2D eigenvalue weighted by Gasteiger charge is 2.17. The number of benzene rings is 3. The van der Waals surface area contributed by atoms with Crippen LogP contribution in [0.25, 0.3) is 10.8 Å². The molecule has 4 heteroatoms. The van der Waals surface area contributed by atoms with Crippen molar-refractivity contribution in [3.8, 4) is 11.6 Å². The van der Waals surface area contributed by atoms with Crippen LogP contribution in [0.2, 0.25) is 0 Å². The van der Waals surface area contributed by atoms with E-state index in [1.807, 2.05) is 55.5 Å². The fraction of sp³-hybridized carbons (Fsp3) is 0.214. The third kappa shape index (κ3) is 4.97. The number of hydrogen-bond acceptors (Lipinski definition) is 3. The zero-order valence-electron chi connectivity index (χ0n) is 18.5. The van der Waals surface area contributed by atoms with Crippen LogP contribution in [0.1, 0.15) is 54.2 Å². The van der Waals surface area contributed by atoms with Gasteiger partial charge in [0.1, 0.15) is 5.75 Å². The van der Waals surface area contributed by atoms with Gasteiger partial charge in [0.2, 0.25) is 5.88 Å². The predicted molar refractivity (Wildman–Crippen MR) is 129 cm³/mol. The van der Waals surface area contributed by atoms with Gasteiger partial charge in [-0.3, -0.25) is 4.79 Å². The highest BCUT2D eigenvalue weighted by Crippen LogP contribution is 2.27. The molecule has 0 radical (unpaired) electrons. The van der Waals surface area contributed by atoms with Gasteiger partial charge in [-0.2, -0.15) is 0 Å². The fourth-order valence-corrected chi connectivity index (χ4v) is 3.92. The predicted octanol–water partition coefficient (Wildman–Crippen LogP) is 6.86. The number of aryl methyl sites for hydroxylation is 1. The number of carbonyl (C=O) groups is 1. The topological polar surface area (TPSA) is 51.2 Å². The molecule has 1 N–H and O–H groups in total. The first-order chi connectivity index (χ1) is 15.7. The molecule has 3 aromatic carbocycles. The van der Waals surface area contributed by atoms with Crippen LogP contribution in [0.5, 0.6) is 11.6 Å². The average molecular weight is 425 g/mol. The quantitative estimate of drug-likeness (QED) is 0.336. The second-order valence-electron chi connectivity index (χ2n) is 7.96. The molecule has 1 atom stereocenters. The number of fused-ring (bicyclic) bond motifs is 1. The van der Waals surface area contributed by atoms with Gasteiger partial charge < -0.3 is 10.1 Å². The summed E-state index contributed by atoms with van der Waals surface area (Å²) in [6.07, 6.45) is 4.63. The minimum atomic E-state index is -0.131. The summed E-state index contributed by atoms with van der Waals surface area (Å²) in [5, 5.41) is 5.52. The van der Waals surface area contributed by atoms with Crippen molar-refractivity contribution in [2.75, 3.05) is 0 Å². The van der Waals surface area contributed by atoms with E-state index in [0.29, 0.717) is 17.2 Å². The van der Waals surface area contributed by atoms with E-state index in [-0.39, 0.29) is 11.9 Å². The molecule has 0 spiro atoms. The van der Waals surface area contributed by atoms with Crippen molar-refractivity contribution >= 4 is 16.7 Å². The number of ether oxygens (including phenoxy) is 1. The van der Waals surface area contributed by atoms with Gasteiger partial charge in [-0.15, -0.1) is 0 Å². The Morgan fingerprint density at radius 2 is 1.81 bits per heavy atom. The van der Waals surface area contributed by atoms with E-state index in [1.54, 1.807) is 12.3 Å². The number of aromatic nitrogens is 1. The van der Waals surface area contributed by atoms with Crippen LogP contribution in [0.15, 0.2) is 85.1 Å². The molecular formula is C28H28N2O2. The third-order valence-electron chi connectivity index (χ3n) is 5.62. The average Bonchev–Trinajstić information content (AvgIpc) is 2.83. The molecule has 0 bridgehead atoms. The Hall–Kier alpha value is -3.66. The number of pyridine rings is 1. The molecule has 0 aliphatic rings. The second-order valence-corrected chi connectivity index (χ2v) is 7.96. The zero-order chi connectivity index (χ0) is 22.3. The third-order valence-corrected chi connectivity index (χ3v) is 5.62.